The van der Waals surface area contributed by atoms with Crippen molar-refractivity contribution in [3.05, 3.63) is 29.8 Å². The van der Waals surface area contributed by atoms with E-state index in [-0.39, 0.29) is 0 Å². The van der Waals surface area contributed by atoms with Gasteiger partial charge in [0, 0.05) is 41.0 Å². The Kier molecular flexibility index (Phi) is 3.89. The number of para-hydroxylation sites is 1. The van der Waals surface area contributed by atoms with Gasteiger partial charge in [0.25, 0.3) is 0 Å². The van der Waals surface area contributed by atoms with Gasteiger partial charge >= 0.3 is 0 Å². The minimum Gasteiger partial charge on any atom is -0.256 e. The maximum Gasteiger partial charge on any atom is 0.201 e. The Hall–Kier alpha value is -0.210. The third-order valence-electron chi connectivity index (χ3n) is 1.52. The van der Waals surface area contributed by atoms with E-state index in [0.29, 0.717) is 12.2 Å². The van der Waals surface area contributed by atoms with Gasteiger partial charge in [-0.05, 0) is 5.23 Å². The smallest absolute Gasteiger partial charge is 0.201 e. The van der Waals surface area contributed by atoms with Gasteiger partial charge in [0.2, 0.25) is 5.69 Å². The summed E-state index contributed by atoms with van der Waals surface area (Å²) < 4.78 is 2.91. The Bertz CT molecular complexity index is 255. The third kappa shape index (κ3) is 2.39. The van der Waals surface area contributed by atoms with Crippen LogP contribution in [-0.2, 0) is 6.54 Å². The van der Waals surface area contributed by atoms with E-state index >= 15 is 0 Å². The second kappa shape index (κ2) is 4.73. The Morgan fingerprint density at radius 1 is 1.33 bits per heavy atom. The zero-order chi connectivity index (χ0) is 8.97. The molecule has 0 amide bonds. The highest BCUT2D eigenvalue weighted by Crippen LogP contribution is 2.09. The zero-order valence-electron chi connectivity index (χ0n) is 6.29. The summed E-state index contributed by atoms with van der Waals surface area (Å²) in [6.07, 6.45) is 0. The molecule has 0 aromatic heterocycles. The standard InChI is InChI=1S/C7H9IN2O2/c8-9-5-6-3-1-2-4-7(6)10(11)12/h1-4,9,11-12H,5H2/p+1. The van der Waals surface area contributed by atoms with Crippen LogP contribution in [0, 0.1) is 0 Å². The fourth-order valence-electron chi connectivity index (χ4n) is 0.965. The average Bonchev–Trinajstić information content (AvgIpc) is 2.05. The van der Waals surface area contributed by atoms with E-state index in [2.05, 4.69) is 3.53 Å². The molecule has 5 heteroatoms. The summed E-state index contributed by atoms with van der Waals surface area (Å²) in [6, 6.07) is 7.13. The highest BCUT2D eigenvalue weighted by Gasteiger charge is 2.10. The Morgan fingerprint density at radius 3 is 2.58 bits per heavy atom. The lowest BCUT2D eigenvalue weighted by molar-refractivity contribution is -1.19. The van der Waals surface area contributed by atoms with Crippen LogP contribution < -0.4 is 8.76 Å². The lowest BCUT2D eigenvalue weighted by Crippen LogP contribution is -3.02. The highest BCUT2D eigenvalue weighted by atomic mass is 127. The largest absolute Gasteiger partial charge is 0.256 e. The van der Waals surface area contributed by atoms with Crippen molar-refractivity contribution in [2.75, 3.05) is 0 Å². The maximum absolute atomic E-state index is 8.87. The van der Waals surface area contributed by atoms with Crippen molar-refractivity contribution in [1.29, 1.82) is 0 Å². The van der Waals surface area contributed by atoms with E-state index in [0.717, 1.165) is 5.56 Å². The Balaban J connectivity index is 2.92. The van der Waals surface area contributed by atoms with Gasteiger partial charge in [-0.25, -0.2) is 0 Å². The number of benzene rings is 1. The molecule has 0 heterocycles. The second-order valence-electron chi connectivity index (χ2n) is 2.29. The maximum atomic E-state index is 8.87. The monoisotopic (exact) mass is 281 g/mol. The van der Waals surface area contributed by atoms with Gasteiger partial charge in [-0.3, -0.25) is 3.53 Å². The van der Waals surface area contributed by atoms with Crippen LogP contribution in [0.5, 0.6) is 0 Å². The fraction of sp³-hybridized carbons (Fsp3) is 0.143. The highest BCUT2D eigenvalue weighted by molar-refractivity contribution is 14.1. The van der Waals surface area contributed by atoms with E-state index in [1.165, 1.54) is 0 Å². The molecule has 1 aromatic rings. The summed E-state index contributed by atoms with van der Waals surface area (Å²) in [5, 5.41) is 17.1. The molecule has 4 N–H and O–H groups in total. The molecule has 1 rings (SSSR count). The first-order valence-electron chi connectivity index (χ1n) is 3.42. The van der Waals surface area contributed by atoms with Crippen LogP contribution in [0.3, 0.4) is 0 Å². The van der Waals surface area contributed by atoms with Gasteiger partial charge in [-0.1, -0.05) is 18.2 Å². The van der Waals surface area contributed by atoms with E-state index in [1.54, 1.807) is 12.1 Å². The topological polar surface area (TPSA) is 56.9 Å². The van der Waals surface area contributed by atoms with Crippen LogP contribution in [0.2, 0.25) is 0 Å². The first-order chi connectivity index (χ1) is 5.75. The van der Waals surface area contributed by atoms with Gasteiger partial charge < -0.3 is 0 Å². The minimum atomic E-state index is -0.628. The van der Waals surface area contributed by atoms with Crippen molar-refractivity contribution >= 4 is 28.6 Å². The van der Waals surface area contributed by atoms with Crippen molar-refractivity contribution in [1.82, 2.24) is 3.53 Å². The molecular weight excluding hydrogens is 271 g/mol. The molecule has 0 spiro atoms. The number of hydrogen-bond donors (Lipinski definition) is 4. The second-order valence-corrected chi connectivity index (χ2v) is 3.05. The molecule has 0 fully saturated rings. The molecule has 0 atom stereocenters. The van der Waals surface area contributed by atoms with E-state index in [4.69, 9.17) is 10.4 Å². The van der Waals surface area contributed by atoms with Crippen LogP contribution >= 0.6 is 22.9 Å². The molecule has 0 saturated heterocycles. The molecule has 66 valence electrons. The normalized spacial score (nSPS) is 10.7. The first-order valence-corrected chi connectivity index (χ1v) is 4.50. The summed E-state index contributed by atoms with van der Waals surface area (Å²) in [4.78, 5) is 0. The minimum absolute atomic E-state index is 0.474. The predicted octanol–water partition coefficient (Wildman–Crippen LogP) is 0.421. The number of halogens is 1. The Morgan fingerprint density at radius 2 is 2.00 bits per heavy atom. The van der Waals surface area contributed by atoms with Crippen LogP contribution in [0.25, 0.3) is 0 Å². The molecule has 0 saturated carbocycles. The van der Waals surface area contributed by atoms with Crippen LogP contribution in [-0.4, -0.2) is 10.4 Å². The third-order valence-corrected chi connectivity index (χ3v) is 1.90. The number of rotatable bonds is 3. The molecule has 0 bridgehead atoms. The van der Waals surface area contributed by atoms with Crippen LogP contribution in [0.15, 0.2) is 24.3 Å². The van der Waals surface area contributed by atoms with Crippen LogP contribution in [0.4, 0.5) is 5.69 Å². The molecular formula is C7H10IN2O2+. The Labute approximate surface area is 84.2 Å². The van der Waals surface area contributed by atoms with Crippen molar-refractivity contribution in [2.24, 2.45) is 0 Å². The van der Waals surface area contributed by atoms with E-state index in [1.807, 2.05) is 35.0 Å². The molecule has 0 aliphatic rings. The summed E-state index contributed by atoms with van der Waals surface area (Å²) in [6.45, 7) is 0.612. The first kappa shape index (κ1) is 9.87. The summed E-state index contributed by atoms with van der Waals surface area (Å²) in [7, 11) is 0. The quantitative estimate of drug-likeness (QED) is 0.369. The lowest BCUT2D eigenvalue weighted by atomic mass is 10.2. The molecule has 0 aliphatic carbocycles. The molecule has 0 aliphatic heterocycles. The number of quaternary nitrogens is 1. The summed E-state index contributed by atoms with van der Waals surface area (Å²) in [5.41, 5.74) is 1.34. The van der Waals surface area contributed by atoms with E-state index < -0.39 is 5.23 Å². The van der Waals surface area contributed by atoms with Gasteiger partial charge in [-0.2, -0.15) is 10.4 Å². The van der Waals surface area contributed by atoms with Crippen molar-refractivity contribution in [3.8, 4) is 0 Å². The molecule has 1 aromatic carbocycles. The lowest BCUT2D eigenvalue weighted by Gasteiger charge is -2.05. The van der Waals surface area contributed by atoms with Gasteiger partial charge in [0.05, 0.1) is 0 Å². The molecule has 12 heavy (non-hydrogen) atoms. The van der Waals surface area contributed by atoms with Gasteiger partial charge in [0.1, 0.15) is 0 Å². The number of hydrogen-bond acceptors (Lipinski definition) is 3. The SMILES string of the molecule is O[NH+](O)c1ccccc1CNI. The summed E-state index contributed by atoms with van der Waals surface area (Å²) >= 11 is 2.01. The van der Waals surface area contributed by atoms with Crippen molar-refractivity contribution in [3.63, 3.8) is 0 Å². The summed E-state index contributed by atoms with van der Waals surface area (Å²) in [5.74, 6) is 0. The average molecular weight is 281 g/mol. The molecule has 0 unspecified atom stereocenters. The fourth-order valence-corrected chi connectivity index (χ4v) is 1.38. The zero-order valence-corrected chi connectivity index (χ0v) is 8.45. The molecule has 0 radical (unpaired) electrons. The van der Waals surface area contributed by atoms with Gasteiger partial charge in [0.15, 0.2) is 0 Å². The molecule has 4 nitrogen and oxygen atoms in total. The van der Waals surface area contributed by atoms with Crippen molar-refractivity contribution < 1.29 is 15.6 Å². The van der Waals surface area contributed by atoms with Crippen molar-refractivity contribution in [2.45, 2.75) is 6.54 Å². The van der Waals surface area contributed by atoms with E-state index in [9.17, 15) is 0 Å². The van der Waals surface area contributed by atoms with Crippen LogP contribution in [0.1, 0.15) is 5.56 Å². The number of nitrogens with one attached hydrogen (secondary N) is 2. The van der Waals surface area contributed by atoms with Gasteiger partial charge in [-0.15, -0.1) is 0 Å². The predicted molar refractivity (Wildman–Crippen MR) is 51.5 cm³/mol.